The summed E-state index contributed by atoms with van der Waals surface area (Å²) in [6.07, 6.45) is 1.50. The summed E-state index contributed by atoms with van der Waals surface area (Å²) in [5.74, 6) is 1.26. The fourth-order valence-corrected chi connectivity index (χ4v) is 2.35. The number of rotatable bonds is 3. The molecule has 110 valence electrons. The minimum absolute atomic E-state index is 0.0206. The Morgan fingerprint density at radius 3 is 3.00 bits per heavy atom. The van der Waals surface area contributed by atoms with E-state index in [-0.39, 0.29) is 18.6 Å². The molecule has 0 radical (unpaired) electrons. The number of carbonyl (C=O) groups is 1. The van der Waals surface area contributed by atoms with Crippen molar-refractivity contribution in [3.05, 3.63) is 30.4 Å². The van der Waals surface area contributed by atoms with Gasteiger partial charge in [0.1, 0.15) is 17.9 Å². The van der Waals surface area contributed by atoms with Gasteiger partial charge in [0.2, 0.25) is 0 Å². The molecule has 1 amide bonds. The SMILES string of the molecule is CC(C)n1ncnc1CN1C(=O)COc2ccc(N)cc21. The predicted molar refractivity (Wildman–Crippen MR) is 77.9 cm³/mol. The van der Waals surface area contributed by atoms with Crippen LogP contribution in [0.4, 0.5) is 11.4 Å². The fourth-order valence-electron chi connectivity index (χ4n) is 2.35. The van der Waals surface area contributed by atoms with Crippen molar-refractivity contribution in [1.82, 2.24) is 14.8 Å². The third-order valence-electron chi connectivity index (χ3n) is 3.36. The molecule has 2 aromatic rings. The molecule has 21 heavy (non-hydrogen) atoms. The lowest BCUT2D eigenvalue weighted by Gasteiger charge is -2.29. The van der Waals surface area contributed by atoms with Gasteiger partial charge in [-0.15, -0.1) is 0 Å². The smallest absolute Gasteiger partial charge is 0.265 e. The van der Waals surface area contributed by atoms with Crippen LogP contribution in [0.5, 0.6) is 5.75 Å². The summed E-state index contributed by atoms with van der Waals surface area (Å²) < 4.78 is 7.23. The number of nitrogen functional groups attached to an aromatic ring is 1. The Balaban J connectivity index is 1.97. The molecular weight excluding hydrogens is 270 g/mol. The standard InChI is InChI=1S/C14H17N5O2/c1-9(2)19-13(16-8-17-19)6-18-11-5-10(15)3-4-12(11)21-7-14(18)20/h3-5,8-9H,6-7,15H2,1-2H3. The number of nitrogens with zero attached hydrogens (tertiary/aromatic N) is 4. The molecule has 0 aliphatic carbocycles. The molecule has 0 saturated heterocycles. The first-order chi connectivity index (χ1) is 10.1. The molecule has 0 atom stereocenters. The van der Waals surface area contributed by atoms with E-state index in [2.05, 4.69) is 10.1 Å². The molecule has 1 aromatic heterocycles. The van der Waals surface area contributed by atoms with Gasteiger partial charge in [0.05, 0.1) is 12.2 Å². The van der Waals surface area contributed by atoms with Crippen LogP contribution >= 0.6 is 0 Å². The molecule has 2 heterocycles. The molecule has 7 heteroatoms. The highest BCUT2D eigenvalue weighted by molar-refractivity contribution is 5.98. The lowest BCUT2D eigenvalue weighted by atomic mass is 10.2. The minimum Gasteiger partial charge on any atom is -0.482 e. The average Bonchev–Trinajstić information content (AvgIpc) is 2.90. The Bertz CT molecular complexity index is 680. The second-order valence-corrected chi connectivity index (χ2v) is 5.21. The van der Waals surface area contributed by atoms with Gasteiger partial charge in [-0.05, 0) is 32.0 Å². The number of benzene rings is 1. The van der Waals surface area contributed by atoms with Crippen LogP contribution in [0.25, 0.3) is 0 Å². The van der Waals surface area contributed by atoms with Gasteiger partial charge in [0.15, 0.2) is 6.61 Å². The topological polar surface area (TPSA) is 86.3 Å². The molecule has 0 fully saturated rings. The number of anilines is 2. The van der Waals surface area contributed by atoms with Crippen LogP contribution in [0.3, 0.4) is 0 Å². The number of ether oxygens (including phenoxy) is 1. The van der Waals surface area contributed by atoms with Crippen molar-refractivity contribution >= 4 is 17.3 Å². The second-order valence-electron chi connectivity index (χ2n) is 5.21. The van der Waals surface area contributed by atoms with Gasteiger partial charge in [-0.3, -0.25) is 9.69 Å². The van der Waals surface area contributed by atoms with E-state index < -0.39 is 0 Å². The maximum Gasteiger partial charge on any atom is 0.265 e. The molecule has 1 aliphatic heterocycles. The largest absolute Gasteiger partial charge is 0.482 e. The van der Waals surface area contributed by atoms with Gasteiger partial charge in [0.25, 0.3) is 5.91 Å². The number of amides is 1. The second kappa shape index (κ2) is 5.08. The average molecular weight is 287 g/mol. The van der Waals surface area contributed by atoms with Gasteiger partial charge >= 0.3 is 0 Å². The summed E-state index contributed by atoms with van der Waals surface area (Å²) >= 11 is 0. The summed E-state index contributed by atoms with van der Waals surface area (Å²) in [6.45, 7) is 4.40. The van der Waals surface area contributed by atoms with Crippen molar-refractivity contribution in [3.8, 4) is 5.75 Å². The van der Waals surface area contributed by atoms with Gasteiger partial charge in [-0.25, -0.2) is 9.67 Å². The Morgan fingerprint density at radius 1 is 1.43 bits per heavy atom. The summed E-state index contributed by atoms with van der Waals surface area (Å²) in [5.41, 5.74) is 7.07. The lowest BCUT2D eigenvalue weighted by molar-refractivity contribution is -0.121. The Hall–Kier alpha value is -2.57. The first-order valence-electron chi connectivity index (χ1n) is 6.77. The zero-order valence-corrected chi connectivity index (χ0v) is 12.0. The number of hydrogen-bond acceptors (Lipinski definition) is 5. The van der Waals surface area contributed by atoms with Crippen LogP contribution in [-0.2, 0) is 11.3 Å². The van der Waals surface area contributed by atoms with Crippen LogP contribution in [0, 0.1) is 0 Å². The van der Waals surface area contributed by atoms with Gasteiger partial charge in [0, 0.05) is 11.7 Å². The van der Waals surface area contributed by atoms with Crippen molar-refractivity contribution in [3.63, 3.8) is 0 Å². The normalized spacial score (nSPS) is 14.2. The van der Waals surface area contributed by atoms with E-state index in [1.165, 1.54) is 6.33 Å². The molecule has 1 aliphatic rings. The molecule has 0 spiro atoms. The summed E-state index contributed by atoms with van der Waals surface area (Å²) in [6, 6.07) is 5.45. The van der Waals surface area contributed by atoms with E-state index in [1.807, 2.05) is 13.8 Å². The highest BCUT2D eigenvalue weighted by Crippen LogP contribution is 2.34. The monoisotopic (exact) mass is 287 g/mol. The molecule has 0 saturated carbocycles. The van der Waals surface area contributed by atoms with Crippen LogP contribution < -0.4 is 15.4 Å². The highest BCUT2D eigenvalue weighted by atomic mass is 16.5. The molecule has 1 aromatic carbocycles. The Labute approximate surface area is 122 Å². The van der Waals surface area contributed by atoms with E-state index in [9.17, 15) is 4.79 Å². The van der Waals surface area contributed by atoms with Crippen molar-refractivity contribution < 1.29 is 9.53 Å². The van der Waals surface area contributed by atoms with Gasteiger partial charge < -0.3 is 10.5 Å². The minimum atomic E-state index is -0.119. The van der Waals surface area contributed by atoms with Crippen molar-refractivity contribution in [2.75, 3.05) is 17.2 Å². The lowest BCUT2D eigenvalue weighted by Crippen LogP contribution is -2.39. The van der Waals surface area contributed by atoms with Crippen LogP contribution in [0.15, 0.2) is 24.5 Å². The van der Waals surface area contributed by atoms with Crippen LogP contribution in [0.1, 0.15) is 25.7 Å². The van der Waals surface area contributed by atoms with Crippen LogP contribution in [0.2, 0.25) is 0 Å². The molecular formula is C14H17N5O2. The summed E-state index contributed by atoms with van der Waals surface area (Å²) in [5, 5.41) is 4.19. The molecule has 0 unspecified atom stereocenters. The predicted octanol–water partition coefficient (Wildman–Crippen LogP) is 1.37. The first-order valence-corrected chi connectivity index (χ1v) is 6.77. The third-order valence-corrected chi connectivity index (χ3v) is 3.36. The number of aromatic nitrogens is 3. The van der Waals surface area contributed by atoms with Crippen molar-refractivity contribution in [2.24, 2.45) is 0 Å². The van der Waals surface area contributed by atoms with E-state index in [0.29, 0.717) is 23.7 Å². The summed E-state index contributed by atoms with van der Waals surface area (Å²) in [7, 11) is 0. The van der Waals surface area contributed by atoms with Crippen LogP contribution in [-0.4, -0.2) is 27.3 Å². The summed E-state index contributed by atoms with van der Waals surface area (Å²) in [4.78, 5) is 18.1. The quantitative estimate of drug-likeness (QED) is 0.861. The van der Waals surface area contributed by atoms with Gasteiger partial charge in [-0.1, -0.05) is 0 Å². The van der Waals surface area contributed by atoms with Crippen molar-refractivity contribution in [1.29, 1.82) is 0 Å². The zero-order chi connectivity index (χ0) is 15.0. The molecule has 3 rings (SSSR count). The molecule has 2 N–H and O–H groups in total. The first kappa shape index (κ1) is 13.4. The number of fused-ring (bicyclic) bond motifs is 1. The van der Waals surface area contributed by atoms with E-state index in [1.54, 1.807) is 27.8 Å². The molecule has 0 bridgehead atoms. The Kier molecular flexibility index (Phi) is 3.25. The van der Waals surface area contributed by atoms with E-state index in [0.717, 1.165) is 5.82 Å². The number of nitrogens with two attached hydrogens (primary N) is 1. The maximum atomic E-state index is 12.2. The van der Waals surface area contributed by atoms with E-state index >= 15 is 0 Å². The molecule has 7 nitrogen and oxygen atoms in total. The number of hydrogen-bond donors (Lipinski definition) is 1. The number of carbonyl (C=O) groups excluding carboxylic acids is 1. The zero-order valence-electron chi connectivity index (χ0n) is 12.0. The van der Waals surface area contributed by atoms with Gasteiger partial charge in [-0.2, -0.15) is 5.10 Å². The fraction of sp³-hybridized carbons (Fsp3) is 0.357. The maximum absolute atomic E-state index is 12.2. The van der Waals surface area contributed by atoms with E-state index in [4.69, 9.17) is 10.5 Å². The third kappa shape index (κ3) is 2.42. The Morgan fingerprint density at radius 2 is 2.24 bits per heavy atom. The highest BCUT2D eigenvalue weighted by Gasteiger charge is 2.27. The van der Waals surface area contributed by atoms with Crippen molar-refractivity contribution in [2.45, 2.75) is 26.4 Å².